The van der Waals surface area contributed by atoms with Crippen LogP contribution in [0.25, 0.3) is 5.65 Å². The van der Waals surface area contributed by atoms with Gasteiger partial charge in [0.05, 0.1) is 12.8 Å². The van der Waals surface area contributed by atoms with Crippen molar-refractivity contribution in [1.29, 1.82) is 0 Å². The third-order valence-corrected chi connectivity index (χ3v) is 3.90. The molecule has 0 amide bonds. The molecule has 0 unspecified atom stereocenters. The van der Waals surface area contributed by atoms with Gasteiger partial charge in [-0.05, 0) is 37.1 Å². The maximum Gasteiger partial charge on any atom is 0.573 e. The van der Waals surface area contributed by atoms with Gasteiger partial charge in [0.2, 0.25) is 0 Å². The number of carbonyl (C=O) groups is 1. The third-order valence-electron chi connectivity index (χ3n) is 3.90. The zero-order valence-corrected chi connectivity index (χ0v) is 14.9. The lowest BCUT2D eigenvalue weighted by Gasteiger charge is -2.12. The van der Waals surface area contributed by atoms with Crippen LogP contribution in [0.1, 0.15) is 34.1 Å². The molecule has 0 radical (unpaired) electrons. The molecule has 2 heterocycles. The number of hydrogen-bond donors (Lipinski definition) is 0. The first-order valence-electron chi connectivity index (χ1n) is 8.23. The zero-order valence-electron chi connectivity index (χ0n) is 14.9. The minimum atomic E-state index is -4.99. The smallest absolute Gasteiger partial charge is 0.462 e. The maximum absolute atomic E-state index is 13.6. The molecule has 0 saturated carbocycles. The molecule has 1 aromatic carbocycles. The first-order valence-corrected chi connectivity index (χ1v) is 8.23. The van der Waals surface area contributed by atoms with Gasteiger partial charge in [-0.2, -0.15) is 5.10 Å². The van der Waals surface area contributed by atoms with Crippen molar-refractivity contribution in [3.05, 3.63) is 58.8 Å². The van der Waals surface area contributed by atoms with Gasteiger partial charge in [0.25, 0.3) is 0 Å². The fourth-order valence-electron chi connectivity index (χ4n) is 2.64. The summed E-state index contributed by atoms with van der Waals surface area (Å²) in [6.07, 6.45) is -1.89. The summed E-state index contributed by atoms with van der Waals surface area (Å²) >= 11 is 0. The lowest BCUT2D eigenvalue weighted by molar-refractivity contribution is -0.275. The van der Waals surface area contributed by atoms with Crippen molar-refractivity contribution in [2.45, 2.75) is 26.6 Å². The molecule has 0 aliphatic heterocycles. The second kappa shape index (κ2) is 7.45. The number of aryl methyl sites for hydroxylation is 1. The van der Waals surface area contributed by atoms with E-state index < -0.39 is 23.9 Å². The van der Waals surface area contributed by atoms with Crippen molar-refractivity contribution in [2.75, 3.05) is 6.61 Å². The highest BCUT2D eigenvalue weighted by molar-refractivity contribution is 5.95. The van der Waals surface area contributed by atoms with Gasteiger partial charge in [0.1, 0.15) is 5.56 Å². The summed E-state index contributed by atoms with van der Waals surface area (Å²) < 4.78 is 60.8. The van der Waals surface area contributed by atoms with Crippen LogP contribution in [0.2, 0.25) is 0 Å². The summed E-state index contributed by atoms with van der Waals surface area (Å²) in [5, 5.41) is 4.07. The van der Waals surface area contributed by atoms with Gasteiger partial charge in [-0.25, -0.2) is 18.7 Å². The number of aromatic nitrogens is 3. The van der Waals surface area contributed by atoms with Gasteiger partial charge in [-0.3, -0.25) is 0 Å². The number of halogens is 4. The average Bonchev–Trinajstić information content (AvgIpc) is 3.00. The molecule has 148 valence electrons. The van der Waals surface area contributed by atoms with Crippen LogP contribution in [0.3, 0.4) is 0 Å². The van der Waals surface area contributed by atoms with E-state index in [1.54, 1.807) is 20.0 Å². The number of ether oxygens (including phenoxy) is 2. The number of benzene rings is 1. The molecule has 0 atom stereocenters. The molecule has 6 nitrogen and oxygen atoms in total. The number of esters is 1. The molecule has 0 saturated heterocycles. The highest BCUT2D eigenvalue weighted by Gasteiger charge is 2.32. The Hall–Kier alpha value is -3.17. The molecular weight excluding hydrogens is 382 g/mol. The predicted molar refractivity (Wildman–Crippen MR) is 89.6 cm³/mol. The number of hydrogen-bond acceptors (Lipinski definition) is 5. The molecule has 10 heteroatoms. The quantitative estimate of drug-likeness (QED) is 0.484. The topological polar surface area (TPSA) is 65.7 Å². The van der Waals surface area contributed by atoms with Gasteiger partial charge in [-0.15, -0.1) is 13.2 Å². The molecule has 28 heavy (non-hydrogen) atoms. The largest absolute Gasteiger partial charge is 0.573 e. The highest BCUT2D eigenvalue weighted by atomic mass is 19.4. The van der Waals surface area contributed by atoms with Crippen molar-refractivity contribution >= 4 is 11.6 Å². The number of nitrogens with zero attached hydrogens (tertiary/aromatic N) is 3. The van der Waals surface area contributed by atoms with Crippen molar-refractivity contribution in [3.8, 4) is 5.75 Å². The van der Waals surface area contributed by atoms with E-state index in [0.29, 0.717) is 22.5 Å². The highest BCUT2D eigenvalue weighted by Crippen LogP contribution is 2.27. The van der Waals surface area contributed by atoms with Gasteiger partial charge < -0.3 is 9.47 Å². The van der Waals surface area contributed by atoms with E-state index in [9.17, 15) is 22.4 Å². The van der Waals surface area contributed by atoms with Gasteiger partial charge >= 0.3 is 12.3 Å². The second-order valence-corrected chi connectivity index (χ2v) is 5.89. The Morgan fingerprint density at radius 3 is 2.71 bits per heavy atom. The average molecular weight is 397 g/mol. The fraction of sp³-hybridized carbons (Fsp3) is 0.278. The van der Waals surface area contributed by atoms with Crippen LogP contribution in [0.15, 0.2) is 30.6 Å². The van der Waals surface area contributed by atoms with Crippen LogP contribution < -0.4 is 4.74 Å². The van der Waals surface area contributed by atoms with Crippen LogP contribution in [0.4, 0.5) is 17.6 Å². The number of fused-ring (bicyclic) bond motifs is 1. The summed E-state index contributed by atoms with van der Waals surface area (Å²) in [5.41, 5.74) is 2.08. The molecule has 2 aromatic heterocycles. The van der Waals surface area contributed by atoms with E-state index in [4.69, 9.17) is 4.74 Å². The normalized spacial score (nSPS) is 11.6. The van der Waals surface area contributed by atoms with Crippen LogP contribution in [0.5, 0.6) is 5.75 Å². The standard InChI is InChI=1S/C18H15F4N3O3/c1-3-27-17(26)13-8-23-25-9-12(10(2)24-16(13)25)6-11-4-5-14(19)15(7-11)28-18(20,21)22/h4-5,7-9H,3,6H2,1-2H3. The first kappa shape index (κ1) is 19.6. The maximum atomic E-state index is 13.6. The molecule has 3 rings (SSSR count). The molecule has 0 bridgehead atoms. The van der Waals surface area contributed by atoms with E-state index in [-0.39, 0.29) is 18.6 Å². The number of carbonyl (C=O) groups excluding carboxylic acids is 1. The van der Waals surface area contributed by atoms with Gasteiger partial charge in [0.15, 0.2) is 17.2 Å². The Morgan fingerprint density at radius 1 is 1.29 bits per heavy atom. The summed E-state index contributed by atoms with van der Waals surface area (Å²) in [6, 6.07) is 3.25. The Balaban J connectivity index is 1.92. The van der Waals surface area contributed by atoms with E-state index in [1.807, 2.05) is 0 Å². The molecule has 0 aliphatic carbocycles. The Labute approximate surface area is 156 Å². The van der Waals surface area contributed by atoms with Crippen LogP contribution in [0, 0.1) is 12.7 Å². The SMILES string of the molecule is CCOC(=O)c1cnn2cc(Cc3ccc(F)c(OC(F)(F)F)c3)c(C)nc12. The van der Waals surface area contributed by atoms with Gasteiger partial charge in [-0.1, -0.05) is 6.07 Å². The Bertz CT molecular complexity index is 1030. The van der Waals surface area contributed by atoms with Gasteiger partial charge in [0, 0.05) is 18.3 Å². The molecule has 0 aliphatic rings. The summed E-state index contributed by atoms with van der Waals surface area (Å²) in [5.74, 6) is -2.57. The first-order chi connectivity index (χ1) is 13.2. The fourth-order valence-corrected chi connectivity index (χ4v) is 2.64. The number of alkyl halides is 3. The lowest BCUT2D eigenvalue weighted by atomic mass is 10.0. The van der Waals surface area contributed by atoms with E-state index in [0.717, 1.165) is 12.1 Å². The molecular formula is C18H15F4N3O3. The van der Waals surface area contributed by atoms with Crippen LogP contribution in [-0.2, 0) is 11.2 Å². The zero-order chi connectivity index (χ0) is 20.5. The third kappa shape index (κ3) is 4.21. The summed E-state index contributed by atoms with van der Waals surface area (Å²) in [4.78, 5) is 16.3. The molecule has 3 aromatic rings. The van der Waals surface area contributed by atoms with Crippen molar-refractivity contribution in [2.24, 2.45) is 0 Å². The second-order valence-electron chi connectivity index (χ2n) is 5.89. The molecule has 0 fully saturated rings. The van der Waals surface area contributed by atoms with Crippen molar-refractivity contribution in [3.63, 3.8) is 0 Å². The van der Waals surface area contributed by atoms with Crippen LogP contribution >= 0.6 is 0 Å². The van der Waals surface area contributed by atoms with Crippen molar-refractivity contribution in [1.82, 2.24) is 14.6 Å². The minimum Gasteiger partial charge on any atom is -0.462 e. The summed E-state index contributed by atoms with van der Waals surface area (Å²) in [7, 11) is 0. The lowest BCUT2D eigenvalue weighted by Crippen LogP contribution is -2.18. The monoisotopic (exact) mass is 397 g/mol. The predicted octanol–water partition coefficient (Wildman–Crippen LogP) is 3.84. The Morgan fingerprint density at radius 2 is 2.04 bits per heavy atom. The van der Waals surface area contributed by atoms with E-state index in [1.165, 1.54) is 16.8 Å². The molecule has 0 N–H and O–H groups in total. The Kier molecular flexibility index (Phi) is 5.21. The van der Waals surface area contributed by atoms with E-state index >= 15 is 0 Å². The van der Waals surface area contributed by atoms with Crippen molar-refractivity contribution < 1.29 is 31.8 Å². The minimum absolute atomic E-state index is 0.165. The van der Waals surface area contributed by atoms with E-state index in [2.05, 4.69) is 14.8 Å². The number of rotatable bonds is 5. The molecule has 0 spiro atoms. The van der Waals surface area contributed by atoms with Crippen LogP contribution in [-0.4, -0.2) is 33.5 Å². The summed E-state index contributed by atoms with van der Waals surface area (Å²) in [6.45, 7) is 3.58.